The minimum absolute atomic E-state index is 0. The highest BCUT2D eigenvalue weighted by molar-refractivity contribution is 14.0. The molecule has 1 aliphatic rings. The van der Waals surface area contributed by atoms with Crippen LogP contribution >= 0.6 is 24.0 Å². The molecule has 1 amide bonds. The number of guanidine groups is 1. The van der Waals surface area contributed by atoms with Gasteiger partial charge in [0, 0.05) is 43.5 Å². The average Bonchev–Trinajstić information content (AvgIpc) is 3.46. The summed E-state index contributed by atoms with van der Waals surface area (Å²) in [6, 6.07) is 18.2. The molecule has 0 saturated carbocycles. The second-order valence-electron chi connectivity index (χ2n) is 7.49. The van der Waals surface area contributed by atoms with Crippen molar-refractivity contribution in [3.63, 3.8) is 0 Å². The Bertz CT molecular complexity index is 1030. The zero-order valence-corrected chi connectivity index (χ0v) is 20.5. The van der Waals surface area contributed by atoms with Crippen molar-refractivity contribution in [2.24, 2.45) is 4.99 Å². The summed E-state index contributed by atoms with van der Waals surface area (Å²) in [5, 5.41) is 11.1. The number of nitrogens with zero attached hydrogens (tertiary/aromatic N) is 4. The number of amides is 1. The van der Waals surface area contributed by atoms with E-state index in [1.807, 2.05) is 71.4 Å². The third-order valence-electron chi connectivity index (χ3n) is 5.20. The average molecular weight is 544 g/mol. The summed E-state index contributed by atoms with van der Waals surface area (Å²) in [4.78, 5) is 18.4. The molecule has 0 atom stereocenters. The van der Waals surface area contributed by atoms with Crippen molar-refractivity contribution in [3.8, 4) is 5.69 Å². The normalized spacial score (nSPS) is 13.7. The third-order valence-corrected chi connectivity index (χ3v) is 5.20. The lowest BCUT2D eigenvalue weighted by Gasteiger charge is -2.16. The summed E-state index contributed by atoms with van der Waals surface area (Å²) in [5.74, 6) is 0.969. The highest BCUT2D eigenvalue weighted by Crippen LogP contribution is 2.21. The molecule has 3 aromatic rings. The number of hydrogen-bond acceptors (Lipinski definition) is 3. The number of benzene rings is 2. The quantitative estimate of drug-likeness (QED) is 0.269. The number of rotatable bonds is 7. The predicted octanol–water partition coefficient (Wildman–Crippen LogP) is 3.87. The fraction of sp³-hybridized carbons (Fsp3) is 0.292. The van der Waals surface area contributed by atoms with Crippen molar-refractivity contribution >= 4 is 41.5 Å². The van der Waals surface area contributed by atoms with Gasteiger partial charge in [0.05, 0.1) is 18.4 Å². The Morgan fingerprint density at radius 1 is 1.03 bits per heavy atom. The molecule has 1 aromatic heterocycles. The van der Waals surface area contributed by atoms with Crippen LogP contribution in [0.3, 0.4) is 0 Å². The van der Waals surface area contributed by atoms with E-state index in [0.717, 1.165) is 48.0 Å². The molecule has 2 heterocycles. The minimum Gasteiger partial charge on any atom is -0.357 e. The van der Waals surface area contributed by atoms with Gasteiger partial charge in [-0.05, 0) is 43.2 Å². The zero-order valence-electron chi connectivity index (χ0n) is 18.2. The molecule has 168 valence electrons. The number of aliphatic imine (C=N–C) groups is 1. The highest BCUT2D eigenvalue weighted by atomic mass is 127. The third kappa shape index (κ3) is 6.09. The largest absolute Gasteiger partial charge is 0.357 e. The fourth-order valence-corrected chi connectivity index (χ4v) is 3.58. The summed E-state index contributed by atoms with van der Waals surface area (Å²) in [5.41, 5.74) is 4.18. The summed E-state index contributed by atoms with van der Waals surface area (Å²) in [6.07, 6.45) is 5.43. The zero-order chi connectivity index (χ0) is 21.5. The first-order valence-corrected chi connectivity index (χ1v) is 10.7. The number of anilines is 1. The predicted molar refractivity (Wildman–Crippen MR) is 139 cm³/mol. The standard InChI is InChI=1S/C24H28N6O.HI/c1-2-25-24(27-16-20-17-28-30(18-20)22-7-4-3-5-8-22)26-15-19-10-12-21(13-11-19)29-14-6-9-23(29)31;/h3-5,7-8,10-13,17-18H,2,6,9,14-16H2,1H3,(H2,25,26,27);1H. The second-order valence-corrected chi connectivity index (χ2v) is 7.49. The van der Waals surface area contributed by atoms with E-state index in [9.17, 15) is 4.79 Å². The van der Waals surface area contributed by atoms with Crippen molar-refractivity contribution in [2.75, 3.05) is 18.0 Å². The first-order valence-electron chi connectivity index (χ1n) is 10.7. The SMILES string of the molecule is CCNC(=NCc1cnn(-c2ccccc2)c1)NCc1ccc(N2CCCC2=O)cc1.I. The van der Waals surface area contributed by atoms with E-state index >= 15 is 0 Å². The van der Waals surface area contributed by atoms with Gasteiger partial charge in [0.15, 0.2) is 5.96 Å². The van der Waals surface area contributed by atoms with E-state index in [-0.39, 0.29) is 29.9 Å². The maximum Gasteiger partial charge on any atom is 0.227 e. The first kappa shape index (κ1) is 23.8. The van der Waals surface area contributed by atoms with Crippen molar-refractivity contribution < 1.29 is 4.79 Å². The van der Waals surface area contributed by atoms with Gasteiger partial charge in [-0.15, -0.1) is 24.0 Å². The number of para-hydroxylation sites is 1. The van der Waals surface area contributed by atoms with Crippen LogP contribution in [0.1, 0.15) is 30.9 Å². The molecule has 0 spiro atoms. The van der Waals surface area contributed by atoms with Gasteiger partial charge in [-0.2, -0.15) is 5.10 Å². The van der Waals surface area contributed by atoms with E-state index in [1.54, 1.807) is 0 Å². The molecule has 1 aliphatic heterocycles. The molecule has 0 bridgehead atoms. The minimum atomic E-state index is 0. The summed E-state index contributed by atoms with van der Waals surface area (Å²) in [7, 11) is 0. The molecule has 32 heavy (non-hydrogen) atoms. The second kappa shape index (κ2) is 11.7. The topological polar surface area (TPSA) is 74.6 Å². The molecule has 2 aromatic carbocycles. The molecule has 0 radical (unpaired) electrons. The van der Waals surface area contributed by atoms with Crippen LogP contribution in [0.2, 0.25) is 0 Å². The number of hydrogen-bond donors (Lipinski definition) is 2. The van der Waals surface area contributed by atoms with Crippen LogP contribution in [-0.2, 0) is 17.9 Å². The van der Waals surface area contributed by atoms with Crippen LogP contribution in [0, 0.1) is 0 Å². The molecule has 8 heteroatoms. The number of carbonyl (C=O) groups excluding carboxylic acids is 1. The van der Waals surface area contributed by atoms with E-state index in [1.165, 1.54) is 0 Å². The monoisotopic (exact) mass is 544 g/mol. The van der Waals surface area contributed by atoms with Crippen LogP contribution in [0.4, 0.5) is 5.69 Å². The lowest BCUT2D eigenvalue weighted by Crippen LogP contribution is -2.36. The maximum absolute atomic E-state index is 11.9. The molecule has 4 rings (SSSR count). The lowest BCUT2D eigenvalue weighted by atomic mass is 10.2. The maximum atomic E-state index is 11.9. The van der Waals surface area contributed by atoms with Crippen molar-refractivity contribution in [2.45, 2.75) is 32.9 Å². The molecule has 2 N–H and O–H groups in total. The summed E-state index contributed by atoms with van der Waals surface area (Å²) < 4.78 is 1.86. The van der Waals surface area contributed by atoms with Gasteiger partial charge in [0.1, 0.15) is 0 Å². The van der Waals surface area contributed by atoms with Crippen LogP contribution in [0.15, 0.2) is 72.0 Å². The smallest absolute Gasteiger partial charge is 0.227 e. The Kier molecular flexibility index (Phi) is 8.66. The van der Waals surface area contributed by atoms with Crippen LogP contribution in [0.5, 0.6) is 0 Å². The van der Waals surface area contributed by atoms with E-state index in [4.69, 9.17) is 0 Å². The number of aromatic nitrogens is 2. The first-order chi connectivity index (χ1) is 15.2. The molecular formula is C24H29IN6O. The van der Waals surface area contributed by atoms with Gasteiger partial charge in [-0.1, -0.05) is 30.3 Å². The van der Waals surface area contributed by atoms with Crippen molar-refractivity contribution in [1.82, 2.24) is 20.4 Å². The van der Waals surface area contributed by atoms with E-state index < -0.39 is 0 Å². The molecule has 1 fully saturated rings. The Balaban J connectivity index is 0.00000289. The molecule has 0 unspecified atom stereocenters. The Morgan fingerprint density at radius 3 is 2.50 bits per heavy atom. The van der Waals surface area contributed by atoms with Crippen LogP contribution in [0.25, 0.3) is 5.69 Å². The van der Waals surface area contributed by atoms with E-state index in [0.29, 0.717) is 19.5 Å². The van der Waals surface area contributed by atoms with E-state index in [2.05, 4.69) is 32.9 Å². The van der Waals surface area contributed by atoms with Gasteiger partial charge in [-0.25, -0.2) is 9.67 Å². The Labute approximate surface area is 205 Å². The van der Waals surface area contributed by atoms with Gasteiger partial charge in [0.2, 0.25) is 5.91 Å². The van der Waals surface area contributed by atoms with Gasteiger partial charge in [0.25, 0.3) is 0 Å². The Hall–Kier alpha value is -2.88. The van der Waals surface area contributed by atoms with Crippen molar-refractivity contribution in [3.05, 3.63) is 78.1 Å². The highest BCUT2D eigenvalue weighted by Gasteiger charge is 2.21. The Morgan fingerprint density at radius 2 is 1.81 bits per heavy atom. The lowest BCUT2D eigenvalue weighted by molar-refractivity contribution is -0.117. The number of carbonyl (C=O) groups is 1. The van der Waals surface area contributed by atoms with Gasteiger partial charge < -0.3 is 15.5 Å². The molecular weight excluding hydrogens is 515 g/mol. The van der Waals surface area contributed by atoms with Crippen LogP contribution < -0.4 is 15.5 Å². The number of nitrogens with one attached hydrogen (secondary N) is 2. The van der Waals surface area contributed by atoms with Crippen LogP contribution in [-0.4, -0.2) is 34.7 Å². The summed E-state index contributed by atoms with van der Waals surface area (Å²) >= 11 is 0. The van der Waals surface area contributed by atoms with Gasteiger partial charge >= 0.3 is 0 Å². The fourth-order valence-electron chi connectivity index (χ4n) is 3.58. The number of halogens is 1. The molecule has 0 aliphatic carbocycles. The van der Waals surface area contributed by atoms with Crippen molar-refractivity contribution in [1.29, 1.82) is 0 Å². The summed E-state index contributed by atoms with van der Waals surface area (Å²) in [6.45, 7) is 4.84. The van der Waals surface area contributed by atoms with Gasteiger partial charge in [-0.3, -0.25) is 4.79 Å². The molecule has 1 saturated heterocycles. The molecule has 7 nitrogen and oxygen atoms in total.